The van der Waals surface area contributed by atoms with Crippen molar-refractivity contribution in [1.29, 1.82) is 0 Å². The van der Waals surface area contributed by atoms with Gasteiger partial charge in [-0.05, 0) is 6.92 Å². The van der Waals surface area contributed by atoms with Gasteiger partial charge in [0.15, 0.2) is 12.4 Å². The summed E-state index contributed by atoms with van der Waals surface area (Å²) in [6.45, 7) is 1.85. The predicted molar refractivity (Wildman–Crippen MR) is 66.2 cm³/mol. The van der Waals surface area contributed by atoms with Crippen LogP contribution in [0.25, 0.3) is 5.69 Å². The first-order valence-corrected chi connectivity index (χ1v) is 5.73. The van der Waals surface area contributed by atoms with Crippen molar-refractivity contribution >= 4 is 5.97 Å². The number of nitrogens with zero attached hydrogens (tertiary/aromatic N) is 1. The molecule has 0 unspecified atom stereocenters. The summed E-state index contributed by atoms with van der Waals surface area (Å²) in [7, 11) is 0. The third-order valence-electron chi connectivity index (χ3n) is 2.47. The third-order valence-corrected chi connectivity index (χ3v) is 2.47. The number of nitrogens with one attached hydrogen (secondary N) is 1. The highest BCUT2D eigenvalue weighted by atomic mass is 16.5. The molecule has 0 amide bonds. The molecule has 98 valence electrons. The Labute approximate surface area is 108 Å². The summed E-state index contributed by atoms with van der Waals surface area (Å²) in [4.78, 5) is 25.5. The lowest BCUT2D eigenvalue weighted by molar-refractivity contribution is -0.596. The van der Waals surface area contributed by atoms with E-state index in [0.29, 0.717) is 0 Å². The number of hydrogen-bond acceptors (Lipinski definition) is 4. The highest BCUT2D eigenvalue weighted by Gasteiger charge is 2.25. The minimum atomic E-state index is -0.657. The number of aromatic amines is 1. The molecule has 2 rings (SSSR count). The molecule has 0 saturated heterocycles. The van der Waals surface area contributed by atoms with Crippen molar-refractivity contribution in [3.63, 3.8) is 0 Å². The van der Waals surface area contributed by atoms with Crippen LogP contribution in [0.2, 0.25) is 0 Å². The molecule has 0 spiro atoms. The fraction of sp³-hybridized carbons (Fsp3) is 0.154. The molecule has 0 aliphatic heterocycles. The molecule has 6 heteroatoms. The second-order valence-corrected chi connectivity index (χ2v) is 3.75. The van der Waals surface area contributed by atoms with Gasteiger partial charge >= 0.3 is 5.97 Å². The SMILES string of the molecule is CCOC(=O)c1cc(=O)[nH]c(O)c1-[n+]1ccccc1. The number of pyridine rings is 2. The maximum atomic E-state index is 11.8. The van der Waals surface area contributed by atoms with Crippen molar-refractivity contribution < 1.29 is 19.2 Å². The van der Waals surface area contributed by atoms with E-state index >= 15 is 0 Å². The summed E-state index contributed by atoms with van der Waals surface area (Å²) in [6, 6.07) is 6.37. The molecule has 2 aromatic rings. The van der Waals surface area contributed by atoms with Crippen LogP contribution in [-0.4, -0.2) is 22.7 Å². The van der Waals surface area contributed by atoms with E-state index in [9.17, 15) is 14.7 Å². The van der Waals surface area contributed by atoms with E-state index in [1.165, 1.54) is 4.57 Å². The van der Waals surface area contributed by atoms with Gasteiger partial charge in [0.1, 0.15) is 5.56 Å². The Morgan fingerprint density at radius 3 is 2.68 bits per heavy atom. The zero-order valence-electron chi connectivity index (χ0n) is 10.3. The van der Waals surface area contributed by atoms with Crippen LogP contribution in [0.3, 0.4) is 0 Å². The number of carbonyl (C=O) groups excluding carboxylic acids is 1. The van der Waals surface area contributed by atoms with Gasteiger partial charge < -0.3 is 9.84 Å². The van der Waals surface area contributed by atoms with Crippen molar-refractivity contribution in [3.05, 3.63) is 52.6 Å². The zero-order valence-corrected chi connectivity index (χ0v) is 10.3. The Morgan fingerprint density at radius 1 is 1.37 bits per heavy atom. The maximum Gasteiger partial charge on any atom is 0.345 e. The summed E-state index contributed by atoms with van der Waals surface area (Å²) in [5, 5.41) is 9.86. The summed E-state index contributed by atoms with van der Waals surface area (Å²) >= 11 is 0. The van der Waals surface area contributed by atoms with E-state index in [-0.39, 0.29) is 23.7 Å². The van der Waals surface area contributed by atoms with E-state index in [1.807, 2.05) is 0 Å². The van der Waals surface area contributed by atoms with E-state index in [4.69, 9.17) is 4.74 Å². The molecule has 2 heterocycles. The minimum absolute atomic E-state index is 0.0132. The smallest absolute Gasteiger partial charge is 0.345 e. The number of aromatic nitrogens is 2. The zero-order chi connectivity index (χ0) is 13.8. The molecule has 0 atom stereocenters. The lowest BCUT2D eigenvalue weighted by atomic mass is 10.2. The summed E-state index contributed by atoms with van der Waals surface area (Å²) in [5.41, 5.74) is -0.376. The topological polar surface area (TPSA) is 83.3 Å². The number of aromatic hydroxyl groups is 1. The molecule has 0 fully saturated rings. The van der Waals surface area contributed by atoms with Crippen LogP contribution in [0.15, 0.2) is 41.5 Å². The lowest BCUT2D eigenvalue weighted by Crippen LogP contribution is -2.33. The largest absolute Gasteiger partial charge is 0.490 e. The van der Waals surface area contributed by atoms with Crippen LogP contribution in [0.1, 0.15) is 17.3 Å². The van der Waals surface area contributed by atoms with Gasteiger partial charge in [-0.2, -0.15) is 4.57 Å². The molecule has 6 nitrogen and oxygen atoms in total. The molecule has 19 heavy (non-hydrogen) atoms. The molecule has 0 aliphatic rings. The summed E-state index contributed by atoms with van der Waals surface area (Å²) in [6.07, 6.45) is 3.30. The van der Waals surface area contributed by atoms with Crippen LogP contribution in [-0.2, 0) is 4.74 Å². The van der Waals surface area contributed by atoms with Crippen molar-refractivity contribution in [3.8, 4) is 11.6 Å². The fourth-order valence-electron chi connectivity index (χ4n) is 1.71. The molecular weight excluding hydrogens is 248 g/mol. The van der Waals surface area contributed by atoms with Gasteiger partial charge in [0.25, 0.3) is 17.1 Å². The Hall–Kier alpha value is -2.63. The van der Waals surface area contributed by atoms with Crippen molar-refractivity contribution in [2.24, 2.45) is 0 Å². The predicted octanol–water partition coefficient (Wildman–Crippen LogP) is 0.534. The number of ether oxygens (including phenoxy) is 1. The average Bonchev–Trinajstić information content (AvgIpc) is 2.39. The Balaban J connectivity index is 2.65. The first-order chi connectivity index (χ1) is 9.13. The number of H-pyrrole nitrogens is 1. The molecule has 0 saturated carbocycles. The van der Waals surface area contributed by atoms with E-state index < -0.39 is 11.5 Å². The normalized spacial score (nSPS) is 10.2. The van der Waals surface area contributed by atoms with Crippen LogP contribution in [0.4, 0.5) is 0 Å². The van der Waals surface area contributed by atoms with Gasteiger partial charge in [0.2, 0.25) is 0 Å². The quantitative estimate of drug-likeness (QED) is 0.623. The van der Waals surface area contributed by atoms with Gasteiger partial charge in [-0.3, -0.25) is 9.78 Å². The second-order valence-electron chi connectivity index (χ2n) is 3.75. The minimum Gasteiger partial charge on any atom is -0.490 e. The van der Waals surface area contributed by atoms with Gasteiger partial charge in [0, 0.05) is 18.2 Å². The van der Waals surface area contributed by atoms with Crippen molar-refractivity contribution in [1.82, 2.24) is 4.98 Å². The summed E-state index contributed by atoms with van der Waals surface area (Å²) < 4.78 is 6.41. The van der Waals surface area contributed by atoms with Crippen LogP contribution >= 0.6 is 0 Å². The molecule has 2 N–H and O–H groups in total. The standard InChI is InChI=1S/C13H12N2O4/c1-2-19-13(18)9-8-10(16)14-12(17)11(9)15-6-4-3-5-7-15/h3-8H,2H2,1H3,(H-,14,16,17)/p+1. The molecule has 0 bridgehead atoms. The molecule has 0 aromatic carbocycles. The van der Waals surface area contributed by atoms with Crippen LogP contribution < -0.4 is 10.1 Å². The Morgan fingerprint density at radius 2 is 2.05 bits per heavy atom. The number of carbonyl (C=O) groups is 1. The third kappa shape index (κ3) is 2.62. The van der Waals surface area contributed by atoms with Gasteiger partial charge in [-0.25, -0.2) is 4.79 Å². The number of rotatable bonds is 3. The fourth-order valence-corrected chi connectivity index (χ4v) is 1.71. The number of hydrogen-bond donors (Lipinski definition) is 2. The van der Waals surface area contributed by atoms with E-state index in [2.05, 4.69) is 4.98 Å². The van der Waals surface area contributed by atoms with Crippen molar-refractivity contribution in [2.45, 2.75) is 6.92 Å². The molecule has 2 aromatic heterocycles. The Bertz CT molecular complexity index is 649. The highest BCUT2D eigenvalue weighted by molar-refractivity contribution is 5.93. The molecule has 0 radical (unpaired) electrons. The van der Waals surface area contributed by atoms with Crippen LogP contribution in [0, 0.1) is 0 Å². The maximum absolute atomic E-state index is 11.8. The van der Waals surface area contributed by atoms with Gasteiger partial charge in [-0.15, -0.1) is 0 Å². The Kier molecular flexibility index (Phi) is 3.61. The highest BCUT2D eigenvalue weighted by Crippen LogP contribution is 2.17. The van der Waals surface area contributed by atoms with Gasteiger partial charge in [-0.1, -0.05) is 6.07 Å². The average molecular weight is 261 g/mol. The lowest BCUT2D eigenvalue weighted by Gasteiger charge is -2.05. The van der Waals surface area contributed by atoms with Crippen LogP contribution in [0.5, 0.6) is 5.88 Å². The second kappa shape index (κ2) is 5.34. The molecule has 0 aliphatic carbocycles. The summed E-state index contributed by atoms with van der Waals surface area (Å²) in [5.74, 6) is -1.04. The monoisotopic (exact) mass is 261 g/mol. The number of esters is 1. The van der Waals surface area contributed by atoms with Crippen molar-refractivity contribution in [2.75, 3.05) is 6.61 Å². The first kappa shape index (κ1) is 12.8. The van der Waals surface area contributed by atoms with E-state index in [0.717, 1.165) is 6.07 Å². The molecular formula is C13H13N2O4+. The first-order valence-electron chi connectivity index (χ1n) is 5.73. The van der Waals surface area contributed by atoms with Gasteiger partial charge in [0.05, 0.1) is 6.61 Å². The van der Waals surface area contributed by atoms with E-state index in [1.54, 1.807) is 37.5 Å².